The number of carbonyl (C=O) groups is 3. The highest BCUT2D eigenvalue weighted by molar-refractivity contribution is 5.80. The van der Waals surface area contributed by atoms with Crippen molar-refractivity contribution in [3.63, 3.8) is 0 Å². The van der Waals surface area contributed by atoms with Crippen LogP contribution in [0.2, 0.25) is 0 Å². The number of aliphatic hydroxyl groups excluding tert-OH is 7. The van der Waals surface area contributed by atoms with E-state index in [0.717, 1.165) is 89.9 Å². The van der Waals surface area contributed by atoms with E-state index in [1.807, 2.05) is 0 Å². The Hall–Kier alpha value is -1.87. The van der Waals surface area contributed by atoms with Gasteiger partial charge in [-0.05, 0) is 38.5 Å². The summed E-state index contributed by atoms with van der Waals surface area (Å²) in [4.78, 5) is 37.0. The summed E-state index contributed by atoms with van der Waals surface area (Å²) in [7, 11) is 0. The quantitative estimate of drug-likeness (QED) is 0.0206. The fourth-order valence-electron chi connectivity index (χ4n) is 16.7. The predicted octanol–water partition coefficient (Wildman–Crippen LogP) is 28.5. The fourth-order valence-corrected chi connectivity index (χ4v) is 16.7. The van der Waals surface area contributed by atoms with Crippen LogP contribution in [-0.4, -0.2) is 116 Å². The Bertz CT molecular complexity index is 1880. The molecule has 0 bridgehead atoms. The highest BCUT2D eigenvalue weighted by atomic mass is 16.5. The van der Waals surface area contributed by atoms with Crippen LogP contribution in [0.25, 0.3) is 0 Å². The molecule has 0 aliphatic heterocycles. The second-order valence-corrected chi connectivity index (χ2v) is 36.2. The number of hydrogen-bond donors (Lipinski definition) is 9. The number of esters is 1. The molecule has 0 saturated heterocycles. The van der Waals surface area contributed by atoms with Crippen LogP contribution in [0, 0.1) is 0 Å². The van der Waals surface area contributed by atoms with Gasteiger partial charge in [0.25, 0.3) is 0 Å². The molecule has 0 spiro atoms. The van der Waals surface area contributed by atoms with Crippen LogP contribution in [0.5, 0.6) is 0 Å². The van der Waals surface area contributed by atoms with Crippen LogP contribution in [0.3, 0.4) is 0 Å². The van der Waals surface area contributed by atoms with Crippen LogP contribution in [0.1, 0.15) is 573 Å². The largest absolute Gasteiger partial charge is 0.466 e. The lowest BCUT2D eigenvalue weighted by Crippen LogP contribution is -2.53. The smallest absolute Gasteiger partial charge is 0.305 e. The summed E-state index contributed by atoms with van der Waals surface area (Å²) in [6.45, 7) is 8.83. The molecule has 4 unspecified atom stereocenters. The molecule has 9 N–H and O–H groups in total. The molecule has 0 rings (SSSR count). The number of ether oxygens (including phenoxy) is 1. The molecule has 0 aromatic rings. The van der Waals surface area contributed by atoms with E-state index in [1.165, 1.54) is 424 Å². The van der Waals surface area contributed by atoms with Gasteiger partial charge >= 0.3 is 5.97 Å². The molecule has 0 radical (unpaired) electrons. The predicted molar refractivity (Wildman–Crippen MR) is 494 cm³/mol. The fraction of sp³-hybridized carbons (Fsp3) is 0.971. The van der Waals surface area contributed by atoms with E-state index >= 15 is 0 Å². The highest BCUT2D eigenvalue weighted by Gasteiger charge is 2.30. The summed E-state index contributed by atoms with van der Waals surface area (Å²) in [5.41, 5.74) is 0. The molecule has 0 aliphatic carbocycles. The maximum atomic E-state index is 12.5. The Morgan fingerprint density at radius 3 is 0.661 bits per heavy atom. The number of hydrogen-bond acceptors (Lipinski definition) is 11. The third-order valence-corrected chi connectivity index (χ3v) is 24.8. The minimum absolute atomic E-state index is 0.0190. The van der Waals surface area contributed by atoms with E-state index in [2.05, 4.69) is 38.3 Å². The second kappa shape index (κ2) is 97.6. The van der Waals surface area contributed by atoms with Crippen LogP contribution < -0.4 is 10.6 Å². The number of carbonyl (C=O) groups excluding carboxylic acids is 3. The second-order valence-electron chi connectivity index (χ2n) is 36.2. The van der Waals surface area contributed by atoms with E-state index in [-0.39, 0.29) is 18.5 Å². The van der Waals surface area contributed by atoms with Crippen molar-refractivity contribution in [3.05, 3.63) is 0 Å². The zero-order valence-electron chi connectivity index (χ0n) is 77.5. The topological polar surface area (TPSA) is 226 Å². The molecule has 13 heteroatoms. The van der Waals surface area contributed by atoms with Gasteiger partial charge in [-0.2, -0.15) is 0 Å². The van der Waals surface area contributed by atoms with Gasteiger partial charge in [-0.25, -0.2) is 0 Å². The molecule has 0 saturated carbocycles. The van der Waals surface area contributed by atoms with Gasteiger partial charge in [0.1, 0.15) is 18.3 Å². The number of rotatable bonds is 96. The third kappa shape index (κ3) is 88.3. The molecule has 688 valence electrons. The average molecular weight is 1630 g/mol. The lowest BCUT2D eigenvalue weighted by Gasteiger charge is -2.27. The van der Waals surface area contributed by atoms with Crippen LogP contribution in [0.4, 0.5) is 0 Å². The van der Waals surface area contributed by atoms with Crippen molar-refractivity contribution in [1.29, 1.82) is 0 Å². The first kappa shape index (κ1) is 115. The van der Waals surface area contributed by atoms with E-state index in [4.69, 9.17) is 4.74 Å². The number of aliphatic hydroxyl groups is 7. The van der Waals surface area contributed by atoms with Crippen molar-refractivity contribution < 1.29 is 54.9 Å². The Balaban J connectivity index is 0. The van der Waals surface area contributed by atoms with Gasteiger partial charge in [0.15, 0.2) is 0 Å². The number of amides is 2. The van der Waals surface area contributed by atoms with Gasteiger partial charge in [-0.3, -0.25) is 14.4 Å². The van der Waals surface area contributed by atoms with Gasteiger partial charge in [-0.1, -0.05) is 522 Å². The highest BCUT2D eigenvalue weighted by Crippen LogP contribution is 2.23. The normalized spacial score (nSPS) is 13.5. The van der Waals surface area contributed by atoms with E-state index < -0.39 is 55.1 Å². The number of unbranched alkanes of at least 4 members (excludes halogenated alkanes) is 75. The molecule has 2 amide bonds. The maximum absolute atomic E-state index is 12.5. The van der Waals surface area contributed by atoms with Gasteiger partial charge in [0, 0.05) is 12.8 Å². The minimum Gasteiger partial charge on any atom is -0.466 e. The van der Waals surface area contributed by atoms with Crippen LogP contribution >= 0.6 is 0 Å². The summed E-state index contributed by atoms with van der Waals surface area (Å²) in [6, 6.07) is -1.79. The molecule has 0 heterocycles. The molecule has 13 nitrogen and oxygen atoms in total. The zero-order chi connectivity index (χ0) is 84.1. The van der Waals surface area contributed by atoms with E-state index in [9.17, 15) is 50.1 Å². The summed E-state index contributed by atoms with van der Waals surface area (Å²) >= 11 is 0. The SMILES string of the molecule is CCCCCCCCCCCCCCCCC(O)C(=O)N[C@@H](CO)[C@H](O)[C@H](O)CCCCCCCCCCCCCC.CCCCCCCCCCCCCCCCCC(=O)OCCCCCCCCCCCCCCCCCCCCCCCCCCCCCC(=O)NC(CO)C(O)C(O)CCCCCCCCCCCCCC. The molecular weight excluding hydrogens is 1430 g/mol. The maximum Gasteiger partial charge on any atom is 0.305 e. The molecule has 7 atom stereocenters. The molecule has 0 aromatic heterocycles. The first-order chi connectivity index (χ1) is 56.4. The van der Waals surface area contributed by atoms with Crippen molar-refractivity contribution in [1.82, 2.24) is 10.6 Å². The number of nitrogens with one attached hydrogen (secondary N) is 2. The van der Waals surface area contributed by atoms with Crippen LogP contribution in [0.15, 0.2) is 0 Å². The van der Waals surface area contributed by atoms with Crippen LogP contribution in [-0.2, 0) is 19.1 Å². The van der Waals surface area contributed by atoms with Gasteiger partial charge in [-0.15, -0.1) is 0 Å². The van der Waals surface area contributed by atoms with Crippen molar-refractivity contribution in [2.45, 2.75) is 616 Å². The first-order valence-corrected chi connectivity index (χ1v) is 51.8. The van der Waals surface area contributed by atoms with Crippen molar-refractivity contribution >= 4 is 17.8 Å². The summed E-state index contributed by atoms with van der Waals surface area (Å²) in [5, 5.41) is 77.1. The summed E-state index contributed by atoms with van der Waals surface area (Å²) in [6.07, 6.45) is 100.0. The molecule has 0 fully saturated rings. The van der Waals surface area contributed by atoms with Crippen molar-refractivity contribution in [2.75, 3.05) is 19.8 Å². The minimum atomic E-state index is -1.25. The zero-order valence-corrected chi connectivity index (χ0v) is 77.5. The third-order valence-electron chi connectivity index (χ3n) is 24.8. The van der Waals surface area contributed by atoms with Gasteiger partial charge < -0.3 is 51.1 Å². The summed E-state index contributed by atoms with van der Waals surface area (Å²) in [5.74, 6) is -0.707. The lowest BCUT2D eigenvalue weighted by molar-refractivity contribution is -0.144. The Labute approximate surface area is 715 Å². The standard InChI is InChI=1S/C66H131NO6.C36H73NO5/c1-3-5-7-9-11-13-15-17-31-35-39-43-47-51-55-59-65(71)73-60-56-52-48-44-40-36-33-30-28-26-24-22-20-18-19-21-23-25-27-29-32-34-38-42-46-50-54-58-64(70)67-62(61-68)66(72)63(69)57-53-49-45-41-37-16-14-12-10-8-6-4-2;1-3-5-7-9-11-13-15-17-18-20-22-24-26-28-30-34(40)36(42)37-32(31-38)35(41)33(39)29-27-25-23-21-19-16-14-12-10-8-6-4-2/h62-63,66,68-69,72H,3-61H2,1-2H3,(H,67,70);32-35,38-41H,3-31H2,1-2H3,(H,37,42)/t;32-,33+,34?,35-/m.0/s1. The molecule has 115 heavy (non-hydrogen) atoms. The van der Waals surface area contributed by atoms with E-state index in [1.54, 1.807) is 0 Å². The van der Waals surface area contributed by atoms with Gasteiger partial charge in [0.05, 0.1) is 44.1 Å². The Morgan fingerprint density at radius 2 is 0.426 bits per heavy atom. The van der Waals surface area contributed by atoms with Crippen molar-refractivity contribution in [3.8, 4) is 0 Å². The van der Waals surface area contributed by atoms with Crippen molar-refractivity contribution in [2.24, 2.45) is 0 Å². The molecule has 0 aromatic carbocycles. The average Bonchev–Trinajstić information content (AvgIpc) is 0.897. The monoisotopic (exact) mass is 1630 g/mol. The Morgan fingerprint density at radius 1 is 0.235 bits per heavy atom. The van der Waals surface area contributed by atoms with Gasteiger partial charge in [0.2, 0.25) is 11.8 Å². The first-order valence-electron chi connectivity index (χ1n) is 51.8. The van der Waals surface area contributed by atoms with E-state index in [0.29, 0.717) is 38.7 Å². The Kier molecular flexibility index (Phi) is 97.7. The molecular formula is C102H204N2O11. The summed E-state index contributed by atoms with van der Waals surface area (Å²) < 4.78 is 5.50. The lowest BCUT2D eigenvalue weighted by atomic mass is 9.99. The molecule has 0 aliphatic rings.